The molecule has 2 fully saturated rings. The van der Waals surface area contributed by atoms with Crippen molar-refractivity contribution >= 4 is 16.5 Å². The van der Waals surface area contributed by atoms with Gasteiger partial charge in [-0.25, -0.2) is 0 Å². The van der Waals surface area contributed by atoms with Gasteiger partial charge in [0.15, 0.2) is 0 Å². The van der Waals surface area contributed by atoms with Crippen LogP contribution in [0.15, 0.2) is 48.7 Å². The molecule has 2 unspecified atom stereocenters. The highest BCUT2D eigenvalue weighted by atomic mass is 32.2. The van der Waals surface area contributed by atoms with Crippen LogP contribution < -0.4 is 9.64 Å². The van der Waals surface area contributed by atoms with Crippen molar-refractivity contribution in [3.63, 3.8) is 0 Å². The maximum atomic E-state index is 13.5. The first-order valence-electron chi connectivity index (χ1n) is 11.7. The second-order valence-corrected chi connectivity index (χ2v) is 10.5. The molecule has 1 saturated carbocycles. The number of nitrogens with zero attached hydrogens (tertiary/aromatic N) is 3. The van der Waals surface area contributed by atoms with Gasteiger partial charge in [0.05, 0.1) is 23.7 Å². The third-order valence-electron chi connectivity index (χ3n) is 6.68. The Labute approximate surface area is 189 Å². The lowest BCUT2D eigenvalue weighted by Gasteiger charge is -2.37. The third-order valence-corrected chi connectivity index (χ3v) is 8.85. The van der Waals surface area contributed by atoms with Crippen molar-refractivity contribution in [3.05, 3.63) is 54.4 Å². The molecule has 168 valence electrons. The molecule has 2 aromatic rings. The van der Waals surface area contributed by atoms with Crippen molar-refractivity contribution in [2.24, 2.45) is 0 Å². The number of para-hydroxylation sites is 2. The van der Waals surface area contributed by atoms with Gasteiger partial charge in [0.2, 0.25) is 0 Å². The maximum Gasteiger partial charge on any atom is 0.142 e. The number of aromatic nitrogens is 1. The summed E-state index contributed by atoms with van der Waals surface area (Å²) in [7, 11) is 0.879. The summed E-state index contributed by atoms with van der Waals surface area (Å²) in [6, 6.07) is 14.3. The van der Waals surface area contributed by atoms with Crippen molar-refractivity contribution in [2.45, 2.75) is 49.0 Å². The number of hydrogen-bond donors (Lipinski definition) is 0. The molecule has 1 aromatic carbocycles. The fourth-order valence-electron chi connectivity index (χ4n) is 4.88. The molecule has 1 aromatic heterocycles. The molecule has 0 bridgehead atoms. The number of hydrogen-bond acceptors (Lipinski definition) is 5. The van der Waals surface area contributed by atoms with Gasteiger partial charge < -0.3 is 9.64 Å². The van der Waals surface area contributed by atoms with Gasteiger partial charge in [0.1, 0.15) is 5.75 Å². The summed E-state index contributed by atoms with van der Waals surface area (Å²) < 4.78 is 19.1. The minimum atomic E-state index is -0.857. The van der Waals surface area contributed by atoms with Crippen LogP contribution in [0, 0.1) is 0 Å². The van der Waals surface area contributed by atoms with Crippen LogP contribution in [-0.4, -0.2) is 59.2 Å². The zero-order valence-corrected chi connectivity index (χ0v) is 19.4. The van der Waals surface area contributed by atoms with Crippen molar-refractivity contribution in [1.82, 2.24) is 9.88 Å². The molecule has 2 aliphatic rings. The molecule has 31 heavy (non-hydrogen) atoms. The first-order valence-corrected chi connectivity index (χ1v) is 12.9. The summed E-state index contributed by atoms with van der Waals surface area (Å²) in [4.78, 5) is 9.52. The van der Waals surface area contributed by atoms with E-state index < -0.39 is 10.8 Å². The number of rotatable bonds is 8. The maximum absolute atomic E-state index is 13.5. The predicted molar refractivity (Wildman–Crippen MR) is 128 cm³/mol. The second kappa shape index (κ2) is 11.1. The predicted octanol–water partition coefficient (Wildman–Crippen LogP) is 4.43. The van der Waals surface area contributed by atoms with E-state index in [0.29, 0.717) is 5.25 Å². The lowest BCUT2D eigenvalue weighted by atomic mass is 10.0. The van der Waals surface area contributed by atoms with Crippen molar-refractivity contribution in [3.8, 4) is 5.75 Å². The van der Waals surface area contributed by atoms with E-state index in [0.717, 1.165) is 63.4 Å². The van der Waals surface area contributed by atoms with Crippen LogP contribution in [0.4, 0.5) is 5.69 Å². The van der Waals surface area contributed by atoms with E-state index in [-0.39, 0.29) is 5.25 Å². The Kier molecular flexibility index (Phi) is 7.97. The molecule has 0 N–H and O–H groups in total. The Morgan fingerprint density at radius 2 is 1.77 bits per heavy atom. The van der Waals surface area contributed by atoms with Crippen molar-refractivity contribution < 1.29 is 8.95 Å². The molecule has 2 atom stereocenters. The highest BCUT2D eigenvalue weighted by Gasteiger charge is 2.29. The number of ether oxygens (including phenoxy) is 1. The van der Waals surface area contributed by atoms with Crippen LogP contribution in [0.5, 0.6) is 5.75 Å². The quantitative estimate of drug-likeness (QED) is 0.607. The summed E-state index contributed by atoms with van der Waals surface area (Å²) >= 11 is 0. The Morgan fingerprint density at radius 1 is 1.03 bits per heavy atom. The monoisotopic (exact) mass is 441 g/mol. The van der Waals surface area contributed by atoms with E-state index in [2.05, 4.69) is 33.0 Å². The summed E-state index contributed by atoms with van der Waals surface area (Å²) in [5.41, 5.74) is 2.17. The molecule has 1 saturated heterocycles. The summed E-state index contributed by atoms with van der Waals surface area (Å²) in [5, 5.41) is 0.375. The van der Waals surface area contributed by atoms with E-state index >= 15 is 0 Å². The average Bonchev–Trinajstić information content (AvgIpc) is 2.85. The molecule has 0 radical (unpaired) electrons. The van der Waals surface area contributed by atoms with Crippen LogP contribution in [0.1, 0.15) is 49.5 Å². The summed E-state index contributed by atoms with van der Waals surface area (Å²) in [6.07, 6.45) is 8.69. The van der Waals surface area contributed by atoms with E-state index in [1.807, 2.05) is 30.5 Å². The Hall–Kier alpha value is -1.92. The van der Waals surface area contributed by atoms with Crippen LogP contribution in [0.2, 0.25) is 0 Å². The fraction of sp³-hybridized carbons (Fsp3) is 0.560. The van der Waals surface area contributed by atoms with E-state index in [4.69, 9.17) is 4.74 Å². The summed E-state index contributed by atoms with van der Waals surface area (Å²) in [5.74, 6) is 0.939. The number of methoxy groups -OCH3 is 1. The molecule has 0 spiro atoms. The Morgan fingerprint density at radius 3 is 2.48 bits per heavy atom. The smallest absolute Gasteiger partial charge is 0.142 e. The molecule has 4 rings (SSSR count). The highest BCUT2D eigenvalue weighted by Crippen LogP contribution is 2.32. The topological polar surface area (TPSA) is 45.7 Å². The molecule has 1 aliphatic heterocycles. The number of anilines is 1. The lowest BCUT2D eigenvalue weighted by molar-refractivity contribution is 0.253. The molecule has 6 heteroatoms. The van der Waals surface area contributed by atoms with Gasteiger partial charge in [0, 0.05) is 48.4 Å². The number of pyridine rings is 1. The Bertz CT molecular complexity index is 834. The van der Waals surface area contributed by atoms with Gasteiger partial charge >= 0.3 is 0 Å². The first-order chi connectivity index (χ1) is 15.3. The van der Waals surface area contributed by atoms with Gasteiger partial charge in [-0.1, -0.05) is 37.5 Å². The van der Waals surface area contributed by atoms with Gasteiger partial charge in [-0.05, 0) is 50.1 Å². The number of piperazine rings is 1. The standard InChI is InChI=1S/C25H35N3O2S/c1-30-24-13-6-5-12-23(24)28-19-17-27(18-20-28)16-14-25(22-11-7-8-15-26-22)31(29)21-9-3-2-4-10-21/h5-8,11-13,15,21,25H,2-4,9-10,14,16-20H2,1H3. The average molecular weight is 442 g/mol. The zero-order valence-electron chi connectivity index (χ0n) is 18.6. The van der Waals surface area contributed by atoms with E-state index in [1.54, 1.807) is 7.11 Å². The van der Waals surface area contributed by atoms with Crippen molar-refractivity contribution in [1.29, 1.82) is 0 Å². The van der Waals surface area contributed by atoms with Gasteiger partial charge in [-0.2, -0.15) is 0 Å². The first kappa shape index (κ1) is 22.3. The minimum absolute atomic E-state index is 0.0385. The molecule has 2 heterocycles. The van der Waals surface area contributed by atoms with Crippen LogP contribution >= 0.6 is 0 Å². The van der Waals surface area contributed by atoms with E-state index in [9.17, 15) is 4.21 Å². The minimum Gasteiger partial charge on any atom is -0.495 e. The Balaban J connectivity index is 1.36. The zero-order chi connectivity index (χ0) is 21.5. The van der Waals surface area contributed by atoms with Gasteiger partial charge in [-0.3, -0.25) is 14.1 Å². The van der Waals surface area contributed by atoms with Crippen LogP contribution in [0.3, 0.4) is 0 Å². The largest absolute Gasteiger partial charge is 0.495 e. The van der Waals surface area contributed by atoms with Gasteiger partial charge in [0.25, 0.3) is 0 Å². The summed E-state index contributed by atoms with van der Waals surface area (Å²) in [6.45, 7) is 4.98. The van der Waals surface area contributed by atoms with Crippen molar-refractivity contribution in [2.75, 3.05) is 44.7 Å². The second-order valence-electron chi connectivity index (χ2n) is 8.62. The molecule has 5 nitrogen and oxygen atoms in total. The molecule has 0 amide bonds. The number of benzene rings is 1. The molecule has 1 aliphatic carbocycles. The highest BCUT2D eigenvalue weighted by molar-refractivity contribution is 7.85. The van der Waals surface area contributed by atoms with Crippen LogP contribution in [0.25, 0.3) is 0 Å². The molecular formula is C25H35N3O2S. The van der Waals surface area contributed by atoms with Gasteiger partial charge in [-0.15, -0.1) is 0 Å². The normalized spacial score (nSPS) is 20.4. The van der Waals surface area contributed by atoms with Crippen LogP contribution in [-0.2, 0) is 10.8 Å². The SMILES string of the molecule is COc1ccccc1N1CCN(CCC(c2ccccn2)S(=O)C2CCCCC2)CC1. The van der Waals surface area contributed by atoms with E-state index in [1.165, 1.54) is 24.9 Å². The lowest BCUT2D eigenvalue weighted by Crippen LogP contribution is -2.47. The molecular weight excluding hydrogens is 406 g/mol. The third kappa shape index (κ3) is 5.66. The fourth-order valence-corrected chi connectivity index (χ4v) is 6.86.